The fourth-order valence-electron chi connectivity index (χ4n) is 4.38. The van der Waals surface area contributed by atoms with E-state index in [4.69, 9.17) is 9.26 Å². The lowest BCUT2D eigenvalue weighted by atomic mass is 9.84. The molecule has 0 saturated carbocycles. The van der Waals surface area contributed by atoms with Crippen LogP contribution >= 0.6 is 0 Å². The Labute approximate surface area is 154 Å². The van der Waals surface area contributed by atoms with Crippen molar-refractivity contribution in [3.63, 3.8) is 0 Å². The SMILES string of the molecule is COc1ccc(CN2CCC[C@@H](c3onc4c3C[C@H](C)CC4)C2)c(O)c1. The lowest BCUT2D eigenvalue weighted by Gasteiger charge is -2.32. The number of piperidine rings is 1. The summed E-state index contributed by atoms with van der Waals surface area (Å²) in [7, 11) is 1.61. The van der Waals surface area contributed by atoms with Gasteiger partial charge in [-0.05, 0) is 50.6 Å². The molecule has 1 aromatic heterocycles. The minimum atomic E-state index is 0.303. The topological polar surface area (TPSA) is 58.7 Å². The molecule has 5 heteroatoms. The van der Waals surface area contributed by atoms with Crippen molar-refractivity contribution in [1.29, 1.82) is 0 Å². The third kappa shape index (κ3) is 3.45. The van der Waals surface area contributed by atoms with Crippen LogP contribution in [0, 0.1) is 5.92 Å². The minimum absolute atomic E-state index is 0.303. The zero-order valence-electron chi connectivity index (χ0n) is 15.7. The Morgan fingerprint density at radius 3 is 3.04 bits per heavy atom. The van der Waals surface area contributed by atoms with Gasteiger partial charge in [0, 0.05) is 36.2 Å². The molecule has 0 bridgehead atoms. The molecule has 2 atom stereocenters. The highest BCUT2D eigenvalue weighted by atomic mass is 16.5. The quantitative estimate of drug-likeness (QED) is 0.900. The van der Waals surface area contributed by atoms with Crippen LogP contribution in [-0.4, -0.2) is 35.4 Å². The maximum atomic E-state index is 10.3. The molecule has 2 aromatic rings. The van der Waals surface area contributed by atoms with Gasteiger partial charge < -0.3 is 14.4 Å². The lowest BCUT2D eigenvalue weighted by Crippen LogP contribution is -2.34. The number of nitrogens with zero attached hydrogens (tertiary/aromatic N) is 2. The van der Waals surface area contributed by atoms with Gasteiger partial charge in [-0.25, -0.2) is 0 Å². The number of fused-ring (bicyclic) bond motifs is 1. The van der Waals surface area contributed by atoms with Crippen LogP contribution in [0.15, 0.2) is 22.7 Å². The summed E-state index contributed by atoms with van der Waals surface area (Å²) in [5, 5.41) is 14.6. The van der Waals surface area contributed by atoms with Crippen molar-refractivity contribution >= 4 is 0 Å². The highest BCUT2D eigenvalue weighted by molar-refractivity contribution is 5.39. The molecule has 1 fully saturated rings. The summed E-state index contributed by atoms with van der Waals surface area (Å²) in [6.45, 7) is 5.08. The first-order valence-corrected chi connectivity index (χ1v) is 9.69. The van der Waals surface area contributed by atoms with Crippen LogP contribution in [-0.2, 0) is 19.4 Å². The number of ether oxygens (including phenoxy) is 1. The van der Waals surface area contributed by atoms with Crippen molar-refractivity contribution in [2.75, 3.05) is 20.2 Å². The number of benzene rings is 1. The van der Waals surface area contributed by atoms with E-state index in [1.807, 2.05) is 12.1 Å². The molecular formula is C21H28N2O3. The number of hydrogen-bond donors (Lipinski definition) is 1. The van der Waals surface area contributed by atoms with Crippen molar-refractivity contribution in [2.45, 2.75) is 51.5 Å². The molecule has 140 valence electrons. The zero-order valence-corrected chi connectivity index (χ0v) is 15.7. The summed E-state index contributed by atoms with van der Waals surface area (Å²) in [4.78, 5) is 2.41. The number of hydrogen-bond acceptors (Lipinski definition) is 5. The number of methoxy groups -OCH3 is 1. The highest BCUT2D eigenvalue weighted by Gasteiger charge is 2.31. The maximum Gasteiger partial charge on any atom is 0.144 e. The van der Waals surface area contributed by atoms with Gasteiger partial charge in [0.1, 0.15) is 17.3 Å². The molecule has 26 heavy (non-hydrogen) atoms. The van der Waals surface area contributed by atoms with Crippen molar-refractivity contribution in [1.82, 2.24) is 10.1 Å². The molecule has 5 nitrogen and oxygen atoms in total. The minimum Gasteiger partial charge on any atom is -0.507 e. The largest absolute Gasteiger partial charge is 0.507 e. The van der Waals surface area contributed by atoms with E-state index in [0.717, 1.165) is 62.6 Å². The van der Waals surface area contributed by atoms with Gasteiger partial charge in [-0.1, -0.05) is 18.1 Å². The Morgan fingerprint density at radius 1 is 1.35 bits per heavy atom. The summed E-state index contributed by atoms with van der Waals surface area (Å²) in [5.41, 5.74) is 3.51. The van der Waals surface area contributed by atoms with E-state index in [1.165, 1.54) is 17.7 Å². The highest BCUT2D eigenvalue weighted by Crippen LogP contribution is 2.36. The van der Waals surface area contributed by atoms with Gasteiger partial charge in [0.2, 0.25) is 0 Å². The van der Waals surface area contributed by atoms with Gasteiger partial charge >= 0.3 is 0 Å². The number of likely N-dealkylation sites (tertiary alicyclic amines) is 1. The van der Waals surface area contributed by atoms with Crippen LogP contribution in [0.25, 0.3) is 0 Å². The predicted octanol–water partition coefficient (Wildman–Crippen LogP) is 3.89. The molecular weight excluding hydrogens is 328 g/mol. The third-order valence-corrected chi connectivity index (χ3v) is 5.89. The molecule has 0 radical (unpaired) electrons. The van der Waals surface area contributed by atoms with Crippen molar-refractivity contribution in [2.24, 2.45) is 5.92 Å². The van der Waals surface area contributed by atoms with E-state index in [0.29, 0.717) is 17.4 Å². The summed E-state index contributed by atoms with van der Waals surface area (Å²) < 4.78 is 11.0. The average molecular weight is 356 g/mol. The van der Waals surface area contributed by atoms with Gasteiger partial charge in [-0.15, -0.1) is 0 Å². The molecule has 1 aliphatic carbocycles. The Balaban J connectivity index is 1.47. The second kappa shape index (κ2) is 7.31. The molecule has 1 saturated heterocycles. The third-order valence-electron chi connectivity index (χ3n) is 5.89. The number of rotatable bonds is 4. The first kappa shape index (κ1) is 17.4. The predicted molar refractivity (Wildman–Crippen MR) is 99.6 cm³/mol. The van der Waals surface area contributed by atoms with Gasteiger partial charge in [0.15, 0.2) is 0 Å². The fraction of sp³-hybridized carbons (Fsp3) is 0.571. The van der Waals surface area contributed by atoms with Crippen LogP contribution in [0.1, 0.15) is 54.7 Å². The van der Waals surface area contributed by atoms with E-state index in [9.17, 15) is 5.11 Å². The fourth-order valence-corrected chi connectivity index (χ4v) is 4.38. The number of aromatic nitrogens is 1. The monoisotopic (exact) mass is 356 g/mol. The molecule has 2 aliphatic rings. The average Bonchev–Trinajstić information content (AvgIpc) is 3.06. The molecule has 0 spiro atoms. The lowest BCUT2D eigenvalue weighted by molar-refractivity contribution is 0.181. The molecule has 1 N–H and O–H groups in total. The van der Waals surface area contributed by atoms with Crippen LogP contribution in [0.2, 0.25) is 0 Å². The van der Waals surface area contributed by atoms with E-state index in [-0.39, 0.29) is 0 Å². The zero-order chi connectivity index (χ0) is 18.1. The van der Waals surface area contributed by atoms with E-state index in [1.54, 1.807) is 13.2 Å². The number of phenolic OH excluding ortho intramolecular Hbond substituents is 1. The van der Waals surface area contributed by atoms with E-state index in [2.05, 4.69) is 17.0 Å². The first-order chi connectivity index (χ1) is 12.6. The number of phenols is 1. The molecule has 0 amide bonds. The van der Waals surface area contributed by atoms with Crippen LogP contribution < -0.4 is 4.74 Å². The van der Waals surface area contributed by atoms with Crippen LogP contribution in [0.5, 0.6) is 11.5 Å². The molecule has 4 rings (SSSR count). The van der Waals surface area contributed by atoms with Crippen molar-refractivity contribution in [3.8, 4) is 11.5 Å². The van der Waals surface area contributed by atoms with Gasteiger partial charge in [0.25, 0.3) is 0 Å². The standard InChI is InChI=1S/C21H28N2O3/c1-14-5-8-19-18(10-14)21(26-22-19)16-4-3-9-23(13-16)12-15-6-7-17(25-2)11-20(15)24/h6-7,11,14,16,24H,3-5,8-10,12-13H2,1-2H3/t14-,16-/m1/s1. The second-order valence-electron chi connectivity index (χ2n) is 7.89. The van der Waals surface area contributed by atoms with Gasteiger partial charge in [0.05, 0.1) is 12.8 Å². The molecule has 1 aromatic carbocycles. The van der Waals surface area contributed by atoms with Crippen LogP contribution in [0.3, 0.4) is 0 Å². The number of aryl methyl sites for hydroxylation is 1. The summed E-state index contributed by atoms with van der Waals surface area (Å²) >= 11 is 0. The van der Waals surface area contributed by atoms with Crippen LogP contribution in [0.4, 0.5) is 0 Å². The molecule has 2 heterocycles. The Bertz CT molecular complexity index is 771. The Hall–Kier alpha value is -2.01. The second-order valence-corrected chi connectivity index (χ2v) is 7.89. The number of aromatic hydroxyl groups is 1. The van der Waals surface area contributed by atoms with Crippen molar-refractivity contribution in [3.05, 3.63) is 40.8 Å². The summed E-state index contributed by atoms with van der Waals surface area (Å²) in [6.07, 6.45) is 5.67. The Kier molecular flexibility index (Phi) is 4.90. The summed E-state index contributed by atoms with van der Waals surface area (Å²) in [6, 6.07) is 5.55. The van der Waals surface area contributed by atoms with Crippen molar-refractivity contribution < 1.29 is 14.4 Å². The normalized spacial score (nSPS) is 23.6. The van der Waals surface area contributed by atoms with E-state index < -0.39 is 0 Å². The van der Waals surface area contributed by atoms with Gasteiger partial charge in [-0.3, -0.25) is 4.90 Å². The van der Waals surface area contributed by atoms with E-state index >= 15 is 0 Å². The molecule has 0 unspecified atom stereocenters. The smallest absolute Gasteiger partial charge is 0.144 e. The maximum absolute atomic E-state index is 10.3. The first-order valence-electron chi connectivity index (χ1n) is 9.69. The summed E-state index contributed by atoms with van der Waals surface area (Å²) in [5.74, 6) is 3.24. The molecule has 1 aliphatic heterocycles. The van der Waals surface area contributed by atoms with Gasteiger partial charge in [-0.2, -0.15) is 0 Å². The Morgan fingerprint density at radius 2 is 2.23 bits per heavy atom.